The highest BCUT2D eigenvalue weighted by Gasteiger charge is 2.18. The van der Waals surface area contributed by atoms with Crippen molar-refractivity contribution in [3.63, 3.8) is 0 Å². The van der Waals surface area contributed by atoms with Gasteiger partial charge in [0.2, 0.25) is 0 Å². The molecular weight excluding hydrogens is 276 g/mol. The van der Waals surface area contributed by atoms with E-state index in [9.17, 15) is 9.59 Å². The number of carbonyl (C=O) groups is 2. The molecule has 5 heteroatoms. The van der Waals surface area contributed by atoms with E-state index < -0.39 is 11.6 Å². The first kappa shape index (κ1) is 15.3. The van der Waals surface area contributed by atoms with Crippen molar-refractivity contribution < 1.29 is 19.1 Å². The molecule has 0 aliphatic carbocycles. The number of carbonyl (C=O) groups excluding carboxylic acids is 2. The van der Waals surface area contributed by atoms with Gasteiger partial charge in [-0.1, -0.05) is 22.5 Å². The van der Waals surface area contributed by atoms with Gasteiger partial charge in [-0.05, 0) is 20.8 Å². The van der Waals surface area contributed by atoms with Crippen LogP contribution in [0.3, 0.4) is 0 Å². The van der Waals surface area contributed by atoms with Gasteiger partial charge in [-0.15, -0.1) is 0 Å². The first-order valence-electron chi connectivity index (χ1n) is 4.83. The molecule has 0 aromatic carbocycles. The predicted molar refractivity (Wildman–Crippen MR) is 64.6 cm³/mol. The van der Waals surface area contributed by atoms with Gasteiger partial charge < -0.3 is 9.47 Å². The van der Waals surface area contributed by atoms with Crippen LogP contribution < -0.4 is 0 Å². The summed E-state index contributed by atoms with van der Waals surface area (Å²) < 4.78 is 10.1. The number of rotatable bonds is 6. The van der Waals surface area contributed by atoms with Crippen molar-refractivity contribution in [2.24, 2.45) is 0 Å². The molecule has 0 spiro atoms. The number of Topliss-reactive ketones (excluding diaryl/α,β-unsaturated/α-hetero) is 1. The first-order chi connectivity index (χ1) is 7.26. The van der Waals surface area contributed by atoms with Crippen LogP contribution in [-0.2, 0) is 19.1 Å². The normalized spacial score (nSPS) is 11.0. The number of esters is 1. The van der Waals surface area contributed by atoms with Crippen LogP contribution in [0, 0.1) is 0 Å². The zero-order chi connectivity index (χ0) is 12.8. The lowest BCUT2D eigenvalue weighted by Crippen LogP contribution is -2.26. The summed E-state index contributed by atoms with van der Waals surface area (Å²) in [5, 5.41) is 0.242. The first-order valence-corrected chi connectivity index (χ1v) is 5.95. The highest BCUT2D eigenvalue weighted by atomic mass is 79.9. The van der Waals surface area contributed by atoms with E-state index in [0.29, 0.717) is 0 Å². The Balaban J connectivity index is 3.90. The van der Waals surface area contributed by atoms with Crippen LogP contribution in [0.25, 0.3) is 0 Å². The fraction of sp³-hybridized carbons (Fsp3) is 0.636. The smallest absolute Gasteiger partial charge is 0.336 e. The zero-order valence-corrected chi connectivity index (χ0v) is 11.4. The lowest BCUT2D eigenvalue weighted by Gasteiger charge is -2.20. The molecule has 0 N–H and O–H groups in total. The summed E-state index contributed by atoms with van der Waals surface area (Å²) in [7, 11) is 0. The predicted octanol–water partition coefficient (Wildman–Crippen LogP) is 1.86. The molecule has 0 atom stereocenters. The van der Waals surface area contributed by atoms with E-state index in [1.807, 2.05) is 0 Å². The fourth-order valence-corrected chi connectivity index (χ4v) is 0.898. The van der Waals surface area contributed by atoms with Gasteiger partial charge in [0.15, 0.2) is 5.78 Å². The van der Waals surface area contributed by atoms with Crippen LogP contribution in [0.15, 0.2) is 12.2 Å². The Bertz CT molecular complexity index is 278. The molecule has 0 bridgehead atoms. The van der Waals surface area contributed by atoms with Crippen LogP contribution >= 0.6 is 15.9 Å². The topological polar surface area (TPSA) is 52.6 Å². The van der Waals surface area contributed by atoms with Crippen molar-refractivity contribution in [1.82, 2.24) is 0 Å². The molecule has 0 saturated heterocycles. The molecule has 0 rings (SSSR count). The minimum Gasteiger partial charge on any atom is -0.457 e. The van der Waals surface area contributed by atoms with Crippen LogP contribution in [-0.4, -0.2) is 35.9 Å². The standard InChI is InChI=1S/C11H17BrO4/c1-8(6-15-7-9(13)5-12)10(14)16-11(2,3)4/h1,5-7H2,2-4H3. The van der Waals surface area contributed by atoms with E-state index in [1.165, 1.54) is 0 Å². The van der Waals surface area contributed by atoms with Gasteiger partial charge in [0.05, 0.1) is 17.5 Å². The summed E-state index contributed by atoms with van der Waals surface area (Å²) in [6.45, 7) is 8.83. The van der Waals surface area contributed by atoms with Gasteiger partial charge in [0.1, 0.15) is 12.2 Å². The second-order valence-corrected chi connectivity index (χ2v) is 4.83. The third kappa shape index (κ3) is 7.59. The summed E-state index contributed by atoms with van der Waals surface area (Å²) in [5.41, 5.74) is -0.344. The van der Waals surface area contributed by atoms with Crippen molar-refractivity contribution in [2.75, 3.05) is 18.5 Å². The molecule has 0 amide bonds. The van der Waals surface area contributed by atoms with Gasteiger partial charge in [-0.3, -0.25) is 4.79 Å². The molecule has 0 saturated carbocycles. The quantitative estimate of drug-likeness (QED) is 0.426. The molecule has 0 heterocycles. The highest BCUT2D eigenvalue weighted by Crippen LogP contribution is 2.10. The number of hydrogen-bond acceptors (Lipinski definition) is 4. The number of hydrogen-bond donors (Lipinski definition) is 0. The second-order valence-electron chi connectivity index (χ2n) is 4.27. The van der Waals surface area contributed by atoms with E-state index in [-0.39, 0.29) is 29.9 Å². The summed E-state index contributed by atoms with van der Waals surface area (Å²) in [4.78, 5) is 22.3. The van der Waals surface area contributed by atoms with Crippen molar-refractivity contribution >= 4 is 27.7 Å². The van der Waals surface area contributed by atoms with Crippen LogP contribution in [0.4, 0.5) is 0 Å². The van der Waals surface area contributed by atoms with Gasteiger partial charge in [0.25, 0.3) is 0 Å². The zero-order valence-electron chi connectivity index (χ0n) is 9.84. The Labute approximate surface area is 104 Å². The van der Waals surface area contributed by atoms with Crippen molar-refractivity contribution in [1.29, 1.82) is 0 Å². The van der Waals surface area contributed by atoms with E-state index in [1.54, 1.807) is 20.8 Å². The average Bonchev–Trinajstić information content (AvgIpc) is 2.14. The monoisotopic (exact) mass is 292 g/mol. The van der Waals surface area contributed by atoms with Crippen molar-refractivity contribution in [3.05, 3.63) is 12.2 Å². The maximum absolute atomic E-state index is 11.4. The van der Waals surface area contributed by atoms with Crippen LogP contribution in [0.1, 0.15) is 20.8 Å². The van der Waals surface area contributed by atoms with E-state index in [4.69, 9.17) is 9.47 Å². The molecule has 92 valence electrons. The summed E-state index contributed by atoms with van der Waals surface area (Å²) in [6.07, 6.45) is 0. The second kappa shape index (κ2) is 6.81. The maximum Gasteiger partial charge on any atom is 0.336 e. The van der Waals surface area contributed by atoms with Crippen molar-refractivity contribution in [2.45, 2.75) is 26.4 Å². The minimum absolute atomic E-state index is 0.00759. The fourth-order valence-electron chi connectivity index (χ4n) is 0.736. The lowest BCUT2D eigenvalue weighted by atomic mass is 10.2. The van der Waals surface area contributed by atoms with Crippen molar-refractivity contribution in [3.8, 4) is 0 Å². The molecule has 4 nitrogen and oxygen atoms in total. The molecule has 16 heavy (non-hydrogen) atoms. The Hall–Kier alpha value is -0.680. The summed E-state index contributed by atoms with van der Waals surface area (Å²) in [6, 6.07) is 0. The Kier molecular flexibility index (Phi) is 6.52. The average molecular weight is 293 g/mol. The maximum atomic E-state index is 11.4. The molecule has 0 aromatic heterocycles. The molecule has 0 radical (unpaired) electrons. The van der Waals surface area contributed by atoms with Crippen LogP contribution in [0.5, 0.6) is 0 Å². The molecular formula is C11H17BrO4. The van der Waals surface area contributed by atoms with Gasteiger partial charge >= 0.3 is 5.97 Å². The van der Waals surface area contributed by atoms with E-state index in [0.717, 1.165) is 0 Å². The van der Waals surface area contributed by atoms with E-state index in [2.05, 4.69) is 22.5 Å². The third-order valence-electron chi connectivity index (χ3n) is 1.38. The SMILES string of the molecule is C=C(COCC(=O)CBr)C(=O)OC(C)(C)C. The van der Waals surface area contributed by atoms with Crippen LogP contribution in [0.2, 0.25) is 0 Å². The number of ether oxygens (including phenoxy) is 2. The number of alkyl halides is 1. The summed E-state index contributed by atoms with van der Waals surface area (Å²) >= 11 is 3.01. The minimum atomic E-state index is -0.550. The Morgan fingerprint density at radius 3 is 2.25 bits per heavy atom. The Morgan fingerprint density at radius 2 is 1.81 bits per heavy atom. The molecule has 0 aromatic rings. The molecule has 0 aliphatic heterocycles. The number of ketones is 1. The largest absolute Gasteiger partial charge is 0.457 e. The third-order valence-corrected chi connectivity index (χ3v) is 2.00. The highest BCUT2D eigenvalue weighted by molar-refractivity contribution is 9.09. The van der Waals surface area contributed by atoms with Gasteiger partial charge in [-0.2, -0.15) is 0 Å². The lowest BCUT2D eigenvalue weighted by molar-refractivity contribution is -0.150. The molecule has 0 aliphatic rings. The van der Waals surface area contributed by atoms with E-state index >= 15 is 0 Å². The Morgan fingerprint density at radius 1 is 1.25 bits per heavy atom. The molecule has 0 fully saturated rings. The molecule has 0 unspecified atom stereocenters. The van der Waals surface area contributed by atoms with Gasteiger partial charge in [-0.25, -0.2) is 4.79 Å². The summed E-state index contributed by atoms with van der Waals surface area (Å²) in [5.74, 6) is -0.587. The number of halogens is 1. The van der Waals surface area contributed by atoms with Gasteiger partial charge in [0, 0.05) is 0 Å².